The number of hydrogen-bond donors (Lipinski definition) is 1. The Bertz CT molecular complexity index is 809. The SMILES string of the molecule is N#Cc1ccc(N2CCN(C(=O)Nc3ccc(F)cc3F)CC2)cc1. The third kappa shape index (κ3) is 3.86. The first-order valence-electron chi connectivity index (χ1n) is 7.83. The average Bonchev–Trinajstić information content (AvgIpc) is 2.64. The summed E-state index contributed by atoms with van der Waals surface area (Å²) in [4.78, 5) is 15.9. The molecule has 2 aromatic rings. The molecule has 1 N–H and O–H groups in total. The first-order valence-corrected chi connectivity index (χ1v) is 7.83. The van der Waals surface area contributed by atoms with E-state index in [0.29, 0.717) is 31.7 Å². The highest BCUT2D eigenvalue weighted by molar-refractivity contribution is 5.89. The first-order chi connectivity index (χ1) is 12.1. The Labute approximate surface area is 144 Å². The summed E-state index contributed by atoms with van der Waals surface area (Å²) in [6.07, 6.45) is 0. The van der Waals surface area contributed by atoms with Gasteiger partial charge in [-0.25, -0.2) is 13.6 Å². The number of benzene rings is 2. The third-order valence-corrected chi connectivity index (χ3v) is 4.10. The molecule has 128 valence electrons. The number of amides is 2. The molecule has 7 heteroatoms. The van der Waals surface area contributed by atoms with Gasteiger partial charge in [-0.15, -0.1) is 0 Å². The lowest BCUT2D eigenvalue weighted by atomic mass is 10.2. The predicted octanol–water partition coefficient (Wildman–Crippen LogP) is 3.19. The molecule has 1 fully saturated rings. The van der Waals surface area contributed by atoms with E-state index in [1.165, 1.54) is 6.07 Å². The smallest absolute Gasteiger partial charge is 0.322 e. The minimum absolute atomic E-state index is 0.0408. The van der Waals surface area contributed by atoms with Crippen molar-refractivity contribution in [3.8, 4) is 6.07 Å². The van der Waals surface area contributed by atoms with Crippen molar-refractivity contribution in [2.45, 2.75) is 0 Å². The molecule has 0 bridgehead atoms. The van der Waals surface area contributed by atoms with Crippen molar-refractivity contribution in [2.75, 3.05) is 36.4 Å². The summed E-state index contributed by atoms with van der Waals surface area (Å²) in [5.74, 6) is -1.49. The number of carbonyl (C=O) groups excluding carboxylic acids is 1. The first kappa shape index (κ1) is 16.7. The minimum atomic E-state index is -0.801. The quantitative estimate of drug-likeness (QED) is 0.912. The van der Waals surface area contributed by atoms with Gasteiger partial charge in [0.25, 0.3) is 0 Å². The Morgan fingerprint density at radius 1 is 1.04 bits per heavy atom. The lowest BCUT2D eigenvalue weighted by Gasteiger charge is -2.36. The zero-order chi connectivity index (χ0) is 17.8. The molecule has 1 heterocycles. The molecule has 0 radical (unpaired) electrons. The number of hydrogen-bond acceptors (Lipinski definition) is 3. The molecule has 1 aliphatic rings. The lowest BCUT2D eigenvalue weighted by molar-refractivity contribution is 0.208. The number of nitrogens with zero attached hydrogens (tertiary/aromatic N) is 3. The van der Waals surface area contributed by atoms with Gasteiger partial charge in [0.15, 0.2) is 0 Å². The molecule has 1 saturated heterocycles. The standard InChI is InChI=1S/C18H16F2N4O/c19-14-3-6-17(16(20)11-14)22-18(25)24-9-7-23(8-10-24)15-4-1-13(12-21)2-5-15/h1-6,11H,7-10H2,(H,22,25). The number of anilines is 2. The van der Waals surface area contributed by atoms with Crippen LogP contribution in [0.5, 0.6) is 0 Å². The molecular formula is C18H16F2N4O. The molecule has 3 rings (SSSR count). The van der Waals surface area contributed by atoms with Crippen LogP contribution in [-0.4, -0.2) is 37.1 Å². The minimum Gasteiger partial charge on any atom is -0.368 e. The summed E-state index contributed by atoms with van der Waals surface area (Å²) in [5, 5.41) is 11.3. The van der Waals surface area contributed by atoms with Crippen LogP contribution in [0, 0.1) is 23.0 Å². The molecule has 0 unspecified atom stereocenters. The highest BCUT2D eigenvalue weighted by Gasteiger charge is 2.22. The normalized spacial score (nSPS) is 14.1. The largest absolute Gasteiger partial charge is 0.368 e. The van der Waals surface area contributed by atoms with Crippen LogP contribution in [0.25, 0.3) is 0 Å². The maximum absolute atomic E-state index is 13.6. The van der Waals surface area contributed by atoms with E-state index in [1.54, 1.807) is 17.0 Å². The van der Waals surface area contributed by atoms with E-state index in [0.717, 1.165) is 17.8 Å². The van der Waals surface area contributed by atoms with E-state index in [4.69, 9.17) is 5.26 Å². The number of halogens is 2. The number of rotatable bonds is 2. The lowest BCUT2D eigenvalue weighted by Crippen LogP contribution is -2.50. The van der Waals surface area contributed by atoms with Crippen LogP contribution >= 0.6 is 0 Å². The fourth-order valence-electron chi connectivity index (χ4n) is 2.70. The maximum Gasteiger partial charge on any atom is 0.322 e. The fraction of sp³-hybridized carbons (Fsp3) is 0.222. The van der Waals surface area contributed by atoms with E-state index in [-0.39, 0.29) is 5.69 Å². The van der Waals surface area contributed by atoms with Crippen molar-refractivity contribution in [3.05, 3.63) is 59.7 Å². The van der Waals surface area contributed by atoms with E-state index in [2.05, 4.69) is 16.3 Å². The second kappa shape index (κ2) is 7.18. The predicted molar refractivity (Wildman–Crippen MR) is 90.3 cm³/mol. The van der Waals surface area contributed by atoms with E-state index >= 15 is 0 Å². The van der Waals surface area contributed by atoms with E-state index in [9.17, 15) is 13.6 Å². The number of nitriles is 1. The topological polar surface area (TPSA) is 59.4 Å². The Balaban J connectivity index is 1.57. The van der Waals surface area contributed by atoms with Crippen molar-refractivity contribution < 1.29 is 13.6 Å². The molecule has 0 aliphatic carbocycles. The Hall–Kier alpha value is -3.14. The highest BCUT2D eigenvalue weighted by atomic mass is 19.1. The average molecular weight is 342 g/mol. The second-order valence-corrected chi connectivity index (χ2v) is 5.69. The molecular weight excluding hydrogens is 326 g/mol. The molecule has 1 aliphatic heterocycles. The summed E-state index contributed by atoms with van der Waals surface area (Å²) < 4.78 is 26.5. The Morgan fingerprint density at radius 2 is 1.72 bits per heavy atom. The van der Waals surface area contributed by atoms with Crippen molar-refractivity contribution in [3.63, 3.8) is 0 Å². The number of nitrogens with one attached hydrogen (secondary N) is 1. The van der Waals surface area contributed by atoms with Crippen LogP contribution in [0.3, 0.4) is 0 Å². The summed E-state index contributed by atoms with van der Waals surface area (Å²) >= 11 is 0. The molecule has 0 spiro atoms. The van der Waals surface area contributed by atoms with Crippen LogP contribution in [0.1, 0.15) is 5.56 Å². The molecule has 0 aromatic heterocycles. The van der Waals surface area contributed by atoms with Gasteiger partial charge in [0.1, 0.15) is 11.6 Å². The van der Waals surface area contributed by atoms with Crippen LogP contribution in [0.2, 0.25) is 0 Å². The second-order valence-electron chi connectivity index (χ2n) is 5.69. The Morgan fingerprint density at radius 3 is 2.32 bits per heavy atom. The van der Waals surface area contributed by atoms with Crippen LogP contribution in [0.4, 0.5) is 25.0 Å². The fourth-order valence-corrected chi connectivity index (χ4v) is 2.70. The van der Waals surface area contributed by atoms with Crippen molar-refractivity contribution in [1.82, 2.24) is 4.90 Å². The van der Waals surface area contributed by atoms with Gasteiger partial charge in [-0.1, -0.05) is 0 Å². The number of carbonyl (C=O) groups is 1. The maximum atomic E-state index is 13.6. The van der Waals surface area contributed by atoms with Crippen molar-refractivity contribution >= 4 is 17.4 Å². The van der Waals surface area contributed by atoms with Crippen LogP contribution in [0.15, 0.2) is 42.5 Å². The molecule has 0 saturated carbocycles. The van der Waals surface area contributed by atoms with Crippen LogP contribution in [-0.2, 0) is 0 Å². The van der Waals surface area contributed by atoms with Crippen LogP contribution < -0.4 is 10.2 Å². The third-order valence-electron chi connectivity index (χ3n) is 4.10. The van der Waals surface area contributed by atoms with Gasteiger partial charge in [-0.2, -0.15) is 5.26 Å². The summed E-state index contributed by atoms with van der Waals surface area (Å²) in [7, 11) is 0. The van der Waals surface area contributed by atoms with E-state index in [1.807, 2.05) is 12.1 Å². The zero-order valence-electron chi connectivity index (χ0n) is 13.4. The van der Waals surface area contributed by atoms with Gasteiger partial charge in [-0.05, 0) is 36.4 Å². The zero-order valence-corrected chi connectivity index (χ0v) is 13.4. The van der Waals surface area contributed by atoms with E-state index < -0.39 is 17.7 Å². The Kier molecular flexibility index (Phi) is 4.80. The van der Waals surface area contributed by atoms with Crippen molar-refractivity contribution in [1.29, 1.82) is 5.26 Å². The number of urea groups is 1. The molecule has 2 amide bonds. The number of piperazine rings is 1. The summed E-state index contributed by atoms with van der Waals surface area (Å²) in [6, 6.07) is 12.0. The monoisotopic (exact) mass is 342 g/mol. The van der Waals surface area contributed by atoms with Crippen molar-refractivity contribution in [2.24, 2.45) is 0 Å². The molecule has 5 nitrogen and oxygen atoms in total. The van der Waals surface area contributed by atoms with Gasteiger partial charge >= 0.3 is 6.03 Å². The van der Waals surface area contributed by atoms with Gasteiger partial charge in [0.2, 0.25) is 0 Å². The van der Waals surface area contributed by atoms with Gasteiger partial charge in [0, 0.05) is 37.9 Å². The molecule has 0 atom stereocenters. The van der Waals surface area contributed by atoms with Gasteiger partial charge in [-0.3, -0.25) is 0 Å². The molecule has 2 aromatic carbocycles. The van der Waals surface area contributed by atoms with Gasteiger partial charge < -0.3 is 15.1 Å². The summed E-state index contributed by atoms with van der Waals surface area (Å²) in [6.45, 7) is 2.22. The highest BCUT2D eigenvalue weighted by Crippen LogP contribution is 2.19. The summed E-state index contributed by atoms with van der Waals surface area (Å²) in [5.41, 5.74) is 1.55. The molecule has 25 heavy (non-hydrogen) atoms. The van der Waals surface area contributed by atoms with Gasteiger partial charge in [0.05, 0.1) is 17.3 Å².